The average molecular weight is 741 g/mol. The molecular weight excluding hydrogens is 653 g/mol. The van der Waals surface area contributed by atoms with E-state index in [1.165, 1.54) is 128 Å². The van der Waals surface area contributed by atoms with Crippen molar-refractivity contribution in [1.29, 1.82) is 0 Å². The number of esters is 1. The molecular formula is C49H88O4. The number of hydrogen-bond acceptors (Lipinski definition) is 3. The van der Waals surface area contributed by atoms with E-state index in [0.717, 1.165) is 89.9 Å². The van der Waals surface area contributed by atoms with Crippen LogP contribution < -0.4 is 0 Å². The van der Waals surface area contributed by atoms with Gasteiger partial charge in [0.05, 0.1) is 0 Å². The summed E-state index contributed by atoms with van der Waals surface area (Å²) in [7, 11) is 0. The molecule has 0 radical (unpaired) electrons. The molecule has 0 rings (SSSR count). The number of carbonyl (C=O) groups excluding carboxylic acids is 1. The first-order chi connectivity index (χ1) is 26.1. The van der Waals surface area contributed by atoms with Crippen LogP contribution in [0.5, 0.6) is 0 Å². The summed E-state index contributed by atoms with van der Waals surface area (Å²) >= 11 is 0. The smallest absolute Gasteiger partial charge is 0.306 e. The van der Waals surface area contributed by atoms with Crippen molar-refractivity contribution in [2.24, 2.45) is 0 Å². The number of unbranched alkanes of at least 4 members (excludes halogenated alkanes) is 25. The zero-order valence-corrected chi connectivity index (χ0v) is 35.3. The molecule has 0 aliphatic rings. The largest absolute Gasteiger partial charge is 0.481 e. The molecule has 0 aliphatic heterocycles. The van der Waals surface area contributed by atoms with E-state index in [9.17, 15) is 9.59 Å². The third kappa shape index (κ3) is 44.2. The Bertz CT molecular complexity index is 885. The van der Waals surface area contributed by atoms with E-state index in [0.29, 0.717) is 6.42 Å². The molecule has 0 aliphatic carbocycles. The van der Waals surface area contributed by atoms with Gasteiger partial charge in [-0.05, 0) is 77.0 Å². The van der Waals surface area contributed by atoms with Crippen LogP contribution in [0.15, 0.2) is 48.6 Å². The zero-order valence-electron chi connectivity index (χ0n) is 35.3. The zero-order chi connectivity index (χ0) is 38.6. The molecule has 0 heterocycles. The van der Waals surface area contributed by atoms with Gasteiger partial charge in [-0.3, -0.25) is 9.59 Å². The lowest BCUT2D eigenvalue weighted by molar-refractivity contribution is -0.150. The lowest BCUT2D eigenvalue weighted by atomic mass is 10.0. The number of ether oxygens (including phenoxy) is 1. The van der Waals surface area contributed by atoms with Gasteiger partial charge in [0.2, 0.25) is 0 Å². The molecule has 1 N–H and O–H groups in total. The Kier molecular flexibility index (Phi) is 42.5. The van der Waals surface area contributed by atoms with Gasteiger partial charge < -0.3 is 9.84 Å². The third-order valence-electron chi connectivity index (χ3n) is 10.3. The van der Waals surface area contributed by atoms with Gasteiger partial charge in [-0.25, -0.2) is 0 Å². The monoisotopic (exact) mass is 741 g/mol. The predicted octanol–water partition coefficient (Wildman–Crippen LogP) is 16.3. The number of carboxylic acids is 1. The first-order valence-electron chi connectivity index (χ1n) is 23.1. The molecule has 0 saturated carbocycles. The van der Waals surface area contributed by atoms with Crippen LogP contribution in [-0.4, -0.2) is 23.1 Å². The van der Waals surface area contributed by atoms with Crippen LogP contribution in [0, 0.1) is 0 Å². The summed E-state index contributed by atoms with van der Waals surface area (Å²) in [6.45, 7) is 4.45. The minimum Gasteiger partial charge on any atom is -0.481 e. The van der Waals surface area contributed by atoms with Crippen molar-refractivity contribution in [2.45, 2.75) is 251 Å². The number of carbonyl (C=O) groups is 2. The number of hydrogen-bond donors (Lipinski definition) is 1. The maximum atomic E-state index is 12.7. The second-order valence-corrected chi connectivity index (χ2v) is 15.6. The van der Waals surface area contributed by atoms with E-state index in [1.807, 2.05) is 0 Å². The van der Waals surface area contributed by atoms with Crippen molar-refractivity contribution in [1.82, 2.24) is 0 Å². The van der Waals surface area contributed by atoms with E-state index in [-0.39, 0.29) is 18.5 Å². The second-order valence-electron chi connectivity index (χ2n) is 15.6. The van der Waals surface area contributed by atoms with Gasteiger partial charge in [-0.15, -0.1) is 0 Å². The Hall–Kier alpha value is -2.10. The molecule has 0 bridgehead atoms. The number of rotatable bonds is 42. The molecule has 1 atom stereocenters. The van der Waals surface area contributed by atoms with Crippen molar-refractivity contribution in [3.63, 3.8) is 0 Å². The van der Waals surface area contributed by atoms with Gasteiger partial charge in [0.25, 0.3) is 0 Å². The van der Waals surface area contributed by atoms with Gasteiger partial charge in [0, 0.05) is 12.8 Å². The van der Waals surface area contributed by atoms with E-state index in [1.54, 1.807) is 0 Å². The Morgan fingerprint density at radius 2 is 0.792 bits per heavy atom. The molecule has 0 aromatic heterocycles. The molecule has 53 heavy (non-hydrogen) atoms. The van der Waals surface area contributed by atoms with Crippen molar-refractivity contribution in [3.8, 4) is 0 Å². The topological polar surface area (TPSA) is 63.6 Å². The third-order valence-corrected chi connectivity index (χ3v) is 10.3. The number of aliphatic carboxylic acids is 1. The highest BCUT2D eigenvalue weighted by atomic mass is 16.5. The fraction of sp³-hybridized carbons (Fsp3) is 0.796. The summed E-state index contributed by atoms with van der Waals surface area (Å²) in [6.07, 6.45) is 60.1. The highest BCUT2D eigenvalue weighted by molar-refractivity contribution is 5.69. The summed E-state index contributed by atoms with van der Waals surface area (Å²) in [4.78, 5) is 23.5. The van der Waals surface area contributed by atoms with Gasteiger partial charge >= 0.3 is 11.9 Å². The Morgan fingerprint density at radius 1 is 0.434 bits per heavy atom. The molecule has 0 aromatic carbocycles. The van der Waals surface area contributed by atoms with Crippen LogP contribution in [0.1, 0.15) is 245 Å². The summed E-state index contributed by atoms with van der Waals surface area (Å²) < 4.78 is 6.03. The van der Waals surface area contributed by atoms with Crippen LogP contribution in [0.4, 0.5) is 0 Å². The molecule has 0 saturated heterocycles. The van der Waals surface area contributed by atoms with Crippen molar-refractivity contribution < 1.29 is 19.4 Å². The number of allylic oxidation sites excluding steroid dienone is 8. The average Bonchev–Trinajstić information content (AvgIpc) is 3.14. The maximum absolute atomic E-state index is 12.7. The second kappa shape index (κ2) is 44.3. The summed E-state index contributed by atoms with van der Waals surface area (Å²) in [5.74, 6) is -0.699. The Morgan fingerprint density at radius 3 is 1.23 bits per heavy atom. The maximum Gasteiger partial charge on any atom is 0.306 e. The minimum atomic E-state index is -0.699. The molecule has 1 unspecified atom stereocenters. The van der Waals surface area contributed by atoms with Gasteiger partial charge in [-0.2, -0.15) is 0 Å². The van der Waals surface area contributed by atoms with E-state index in [4.69, 9.17) is 9.84 Å². The SMILES string of the molecule is CC/C=C\C/C=C\C/C=C\C/C=C\CCCCCCCCCCCCC(=O)OC(CCCCCCCCCCCCCC)CCCCCCCC(=O)O. The van der Waals surface area contributed by atoms with Gasteiger partial charge in [-0.1, -0.05) is 204 Å². The number of carboxylic acid groups (broad SMARTS) is 1. The highest BCUT2D eigenvalue weighted by Crippen LogP contribution is 2.19. The van der Waals surface area contributed by atoms with Crippen LogP contribution in [0.3, 0.4) is 0 Å². The highest BCUT2D eigenvalue weighted by Gasteiger charge is 2.14. The fourth-order valence-corrected chi connectivity index (χ4v) is 6.94. The van der Waals surface area contributed by atoms with E-state index < -0.39 is 5.97 Å². The van der Waals surface area contributed by atoms with Crippen molar-refractivity contribution in [2.75, 3.05) is 0 Å². The van der Waals surface area contributed by atoms with Crippen LogP contribution in [-0.2, 0) is 14.3 Å². The molecule has 4 heteroatoms. The normalized spacial score (nSPS) is 12.6. The van der Waals surface area contributed by atoms with Crippen molar-refractivity contribution in [3.05, 3.63) is 48.6 Å². The Balaban J connectivity index is 3.92. The summed E-state index contributed by atoms with van der Waals surface area (Å²) in [6, 6.07) is 0. The lowest BCUT2D eigenvalue weighted by Gasteiger charge is -2.18. The molecule has 0 amide bonds. The molecule has 0 aromatic rings. The summed E-state index contributed by atoms with van der Waals surface area (Å²) in [5, 5.41) is 8.85. The van der Waals surface area contributed by atoms with Crippen LogP contribution >= 0.6 is 0 Å². The van der Waals surface area contributed by atoms with E-state index >= 15 is 0 Å². The molecule has 4 nitrogen and oxygen atoms in total. The minimum absolute atomic E-state index is 0.000620. The van der Waals surface area contributed by atoms with Crippen LogP contribution in [0.2, 0.25) is 0 Å². The lowest BCUT2D eigenvalue weighted by Crippen LogP contribution is -2.18. The Labute approximate surface area is 330 Å². The standard InChI is InChI=1S/C49H88O4/c1-3-5-7-9-11-13-15-17-18-19-20-21-22-23-24-25-26-27-29-31-33-38-42-46-49(52)53-47(44-40-36-34-37-41-45-48(50)51)43-39-35-32-30-28-16-14-12-10-8-6-4-2/h5,7,11,13,17-18,20-21,47H,3-4,6,8-10,12,14-16,19,22-46H2,1-2H3,(H,50,51)/b7-5-,13-11-,18-17-,21-20-. The fourth-order valence-electron chi connectivity index (χ4n) is 6.94. The van der Waals surface area contributed by atoms with E-state index in [2.05, 4.69) is 62.5 Å². The van der Waals surface area contributed by atoms with Crippen LogP contribution in [0.25, 0.3) is 0 Å². The van der Waals surface area contributed by atoms with Crippen molar-refractivity contribution >= 4 is 11.9 Å². The van der Waals surface area contributed by atoms with Gasteiger partial charge in [0.15, 0.2) is 0 Å². The molecule has 0 spiro atoms. The predicted molar refractivity (Wildman–Crippen MR) is 232 cm³/mol. The van der Waals surface area contributed by atoms with Gasteiger partial charge in [0.1, 0.15) is 6.10 Å². The molecule has 0 fully saturated rings. The first kappa shape index (κ1) is 50.9. The first-order valence-corrected chi connectivity index (χ1v) is 23.1. The summed E-state index contributed by atoms with van der Waals surface area (Å²) in [5.41, 5.74) is 0. The molecule has 308 valence electrons. The quantitative estimate of drug-likeness (QED) is 0.0384.